The van der Waals surface area contributed by atoms with Crippen molar-refractivity contribution in [2.24, 2.45) is 0 Å². The minimum atomic E-state index is -0.231. The van der Waals surface area contributed by atoms with Gasteiger partial charge < -0.3 is 39.4 Å². The van der Waals surface area contributed by atoms with Gasteiger partial charge in [-0.15, -0.1) is 0 Å². The van der Waals surface area contributed by atoms with Crippen LogP contribution in [0, 0.1) is 6.92 Å². The highest BCUT2D eigenvalue weighted by atomic mass is 16.5. The molecule has 10 nitrogen and oxygen atoms in total. The Hall–Kier alpha value is -2.40. The number of hydrogen-bond donors (Lipinski definition) is 2. The molecule has 0 aromatic heterocycles. The topological polar surface area (TPSA) is 102 Å². The van der Waals surface area contributed by atoms with Gasteiger partial charge in [0.1, 0.15) is 0 Å². The fraction of sp³-hybridized carbons (Fsp3) is 0.652. The molecule has 0 heterocycles. The van der Waals surface area contributed by atoms with Gasteiger partial charge in [-0.2, -0.15) is 0 Å². The van der Waals surface area contributed by atoms with E-state index in [2.05, 4.69) is 10.6 Å². The number of nitrogens with zero attached hydrogens (tertiary/aromatic N) is 2. The molecule has 0 saturated carbocycles. The van der Waals surface area contributed by atoms with Crippen LogP contribution in [-0.4, -0.2) is 103 Å². The third kappa shape index (κ3) is 11.3. The molecular weight excluding hydrogens is 428 g/mol. The molecule has 10 heteroatoms. The zero-order valence-electron chi connectivity index (χ0n) is 20.6. The molecule has 0 saturated heterocycles. The van der Waals surface area contributed by atoms with Crippen molar-refractivity contribution < 1.29 is 28.5 Å². The van der Waals surface area contributed by atoms with Crippen LogP contribution in [-0.2, 0) is 18.9 Å². The first-order valence-electron chi connectivity index (χ1n) is 11.1. The van der Waals surface area contributed by atoms with Crippen molar-refractivity contribution in [3.05, 3.63) is 23.8 Å². The lowest BCUT2D eigenvalue weighted by molar-refractivity contribution is 0.143. The molecule has 0 unspecified atom stereocenters. The number of carbonyl (C=O) groups is 2. The highest BCUT2D eigenvalue weighted by molar-refractivity contribution is 5.93. The van der Waals surface area contributed by atoms with E-state index in [-0.39, 0.29) is 12.1 Å². The average molecular weight is 469 g/mol. The van der Waals surface area contributed by atoms with Gasteiger partial charge in [0.05, 0.1) is 13.2 Å². The number of anilines is 2. The largest absolute Gasteiger partial charge is 0.385 e. The maximum Gasteiger partial charge on any atom is 0.321 e. The summed E-state index contributed by atoms with van der Waals surface area (Å²) in [7, 11) is 6.48. The molecule has 2 N–H and O–H groups in total. The second-order valence-corrected chi connectivity index (χ2v) is 7.54. The monoisotopic (exact) mass is 468 g/mol. The summed E-state index contributed by atoms with van der Waals surface area (Å²) in [6, 6.07) is 4.98. The minimum Gasteiger partial charge on any atom is -0.385 e. The Morgan fingerprint density at radius 3 is 1.70 bits per heavy atom. The molecule has 1 aromatic rings. The lowest BCUT2D eigenvalue weighted by Gasteiger charge is -2.24. The van der Waals surface area contributed by atoms with Gasteiger partial charge in [-0.3, -0.25) is 0 Å². The first kappa shape index (κ1) is 28.6. The van der Waals surface area contributed by atoms with Gasteiger partial charge in [0.25, 0.3) is 0 Å². The Bertz CT molecular complexity index is 704. The second-order valence-electron chi connectivity index (χ2n) is 7.54. The van der Waals surface area contributed by atoms with E-state index in [4.69, 9.17) is 18.9 Å². The van der Waals surface area contributed by atoms with E-state index >= 15 is 0 Å². The van der Waals surface area contributed by atoms with E-state index in [0.717, 1.165) is 18.4 Å². The molecule has 0 aliphatic carbocycles. The number of methoxy groups -OCH3 is 4. The molecule has 0 aliphatic rings. The molecule has 0 fully saturated rings. The maximum atomic E-state index is 12.9. The summed E-state index contributed by atoms with van der Waals surface area (Å²) in [6.45, 7) is 5.97. The Kier molecular flexibility index (Phi) is 14.9. The van der Waals surface area contributed by atoms with Crippen molar-refractivity contribution in [3.8, 4) is 0 Å². The smallest absolute Gasteiger partial charge is 0.321 e. The molecule has 1 aromatic carbocycles. The van der Waals surface area contributed by atoms with E-state index in [1.807, 2.05) is 19.1 Å². The normalized spacial score (nSPS) is 10.7. The van der Waals surface area contributed by atoms with E-state index in [0.29, 0.717) is 64.0 Å². The van der Waals surface area contributed by atoms with Gasteiger partial charge in [0.15, 0.2) is 0 Å². The third-order valence-corrected chi connectivity index (χ3v) is 4.99. The van der Waals surface area contributed by atoms with Crippen molar-refractivity contribution in [2.45, 2.75) is 19.8 Å². The van der Waals surface area contributed by atoms with Crippen LogP contribution in [0.15, 0.2) is 18.2 Å². The number of ether oxygens (including phenoxy) is 4. The molecule has 0 radical (unpaired) electrons. The number of hydrogen-bond acceptors (Lipinski definition) is 6. The van der Waals surface area contributed by atoms with Crippen LogP contribution in [0.3, 0.4) is 0 Å². The number of nitrogens with one attached hydrogen (secondary N) is 2. The van der Waals surface area contributed by atoms with E-state index in [9.17, 15) is 9.59 Å². The molecule has 188 valence electrons. The van der Waals surface area contributed by atoms with E-state index in [1.54, 1.807) is 44.3 Å². The predicted molar refractivity (Wildman–Crippen MR) is 129 cm³/mol. The zero-order chi connectivity index (χ0) is 24.5. The third-order valence-electron chi connectivity index (χ3n) is 4.99. The second kappa shape index (κ2) is 17.1. The summed E-state index contributed by atoms with van der Waals surface area (Å²) in [5, 5.41) is 5.87. The number of benzene rings is 1. The highest BCUT2D eigenvalue weighted by Crippen LogP contribution is 2.21. The summed E-state index contributed by atoms with van der Waals surface area (Å²) in [6.07, 6.45) is 1.45. The van der Waals surface area contributed by atoms with Crippen LogP contribution >= 0.6 is 0 Å². The Morgan fingerprint density at radius 1 is 0.727 bits per heavy atom. The van der Waals surface area contributed by atoms with Crippen molar-refractivity contribution in [2.75, 3.05) is 91.7 Å². The van der Waals surface area contributed by atoms with Gasteiger partial charge in [0, 0.05) is 79.2 Å². The number of urea groups is 2. The SMILES string of the molecule is COCCCN(CCOC)C(=O)Nc1ccc(C)c(NC(=O)N(CCCOC)CCOC)c1. The molecule has 0 spiro atoms. The van der Waals surface area contributed by atoms with Gasteiger partial charge in [-0.25, -0.2) is 9.59 Å². The highest BCUT2D eigenvalue weighted by Gasteiger charge is 2.16. The van der Waals surface area contributed by atoms with Crippen molar-refractivity contribution in [1.29, 1.82) is 0 Å². The number of carbonyl (C=O) groups excluding carboxylic acids is 2. The Morgan fingerprint density at radius 2 is 1.21 bits per heavy atom. The first-order valence-corrected chi connectivity index (χ1v) is 11.1. The fourth-order valence-electron chi connectivity index (χ4n) is 3.06. The van der Waals surface area contributed by atoms with Crippen LogP contribution in [0.25, 0.3) is 0 Å². The van der Waals surface area contributed by atoms with Crippen LogP contribution in [0.1, 0.15) is 18.4 Å². The number of aryl methyl sites for hydroxylation is 1. The molecule has 33 heavy (non-hydrogen) atoms. The Labute approximate surface area is 197 Å². The van der Waals surface area contributed by atoms with Crippen molar-refractivity contribution >= 4 is 23.4 Å². The van der Waals surface area contributed by atoms with E-state index < -0.39 is 0 Å². The fourth-order valence-corrected chi connectivity index (χ4v) is 3.06. The lowest BCUT2D eigenvalue weighted by atomic mass is 10.2. The van der Waals surface area contributed by atoms with E-state index in [1.165, 1.54) is 0 Å². The summed E-state index contributed by atoms with van der Waals surface area (Å²) >= 11 is 0. The van der Waals surface area contributed by atoms with Gasteiger partial charge in [-0.05, 0) is 37.5 Å². The molecule has 0 aliphatic heterocycles. The van der Waals surface area contributed by atoms with Gasteiger partial charge >= 0.3 is 12.1 Å². The van der Waals surface area contributed by atoms with Crippen LogP contribution in [0.2, 0.25) is 0 Å². The van der Waals surface area contributed by atoms with Crippen molar-refractivity contribution in [3.63, 3.8) is 0 Å². The van der Waals surface area contributed by atoms with Gasteiger partial charge in [-0.1, -0.05) is 6.07 Å². The Balaban J connectivity index is 2.85. The van der Waals surface area contributed by atoms with Crippen LogP contribution < -0.4 is 10.6 Å². The van der Waals surface area contributed by atoms with Crippen molar-refractivity contribution in [1.82, 2.24) is 9.80 Å². The summed E-state index contributed by atoms with van der Waals surface area (Å²) in [5.74, 6) is 0. The zero-order valence-corrected chi connectivity index (χ0v) is 20.6. The standard InChI is InChI=1S/C23H40N4O6/c1-19-8-9-20(24-22(28)26(12-16-32-4)10-6-14-30-2)18-21(19)25-23(29)27(13-17-33-5)11-7-15-31-3/h8-9,18H,6-7,10-17H2,1-5H3,(H,24,28)(H,25,29). The molecular formula is C23H40N4O6. The average Bonchev–Trinajstić information content (AvgIpc) is 2.80. The van der Waals surface area contributed by atoms with Gasteiger partial charge in [0.2, 0.25) is 0 Å². The number of amides is 4. The molecule has 0 bridgehead atoms. The molecule has 0 atom stereocenters. The quantitative estimate of drug-likeness (QED) is 0.362. The summed E-state index contributed by atoms with van der Waals surface area (Å²) in [4.78, 5) is 29.0. The number of rotatable bonds is 16. The van der Waals surface area contributed by atoms with Crippen LogP contribution in [0.4, 0.5) is 21.0 Å². The predicted octanol–water partition coefficient (Wildman–Crippen LogP) is 3.03. The summed E-state index contributed by atoms with van der Waals surface area (Å²) < 4.78 is 20.4. The maximum absolute atomic E-state index is 12.9. The van der Waals surface area contributed by atoms with Crippen LogP contribution in [0.5, 0.6) is 0 Å². The minimum absolute atomic E-state index is 0.226. The molecule has 1 rings (SSSR count). The summed E-state index contributed by atoms with van der Waals surface area (Å²) in [5.41, 5.74) is 2.12. The molecule has 4 amide bonds. The first-order chi connectivity index (χ1) is 16.0. The lowest BCUT2D eigenvalue weighted by Crippen LogP contribution is -2.39.